The van der Waals surface area contributed by atoms with E-state index in [1.54, 1.807) is 0 Å². The van der Waals surface area contributed by atoms with Gasteiger partial charge in [0.05, 0.1) is 0 Å². The zero-order chi connectivity index (χ0) is 18.9. The molecule has 0 radical (unpaired) electrons. The van der Waals surface area contributed by atoms with Crippen LogP contribution in [0, 0.1) is 5.82 Å². The molecule has 0 atom stereocenters. The predicted molar refractivity (Wildman–Crippen MR) is 97.5 cm³/mol. The van der Waals surface area contributed by atoms with Gasteiger partial charge >= 0.3 is 0 Å². The molecule has 0 unspecified atom stereocenters. The molecule has 1 amide bonds. The third-order valence-corrected chi connectivity index (χ3v) is 6.46. The third kappa shape index (κ3) is 3.86. The summed E-state index contributed by atoms with van der Waals surface area (Å²) in [4.78, 5) is 13.7. The van der Waals surface area contributed by atoms with E-state index in [0.717, 1.165) is 6.07 Å². The number of nitrogens with zero attached hydrogens (tertiary/aromatic N) is 2. The second-order valence-electron chi connectivity index (χ2n) is 5.78. The number of amides is 1. The van der Waals surface area contributed by atoms with Crippen molar-refractivity contribution in [3.05, 3.63) is 63.9 Å². The molecule has 0 aromatic heterocycles. The largest absolute Gasteiger partial charge is 0.336 e. The summed E-state index contributed by atoms with van der Waals surface area (Å²) in [6, 6.07) is 9.79. The molecule has 26 heavy (non-hydrogen) atoms. The molecule has 0 N–H and O–H groups in total. The maximum absolute atomic E-state index is 13.8. The standard InChI is InChI=1S/C17H15Cl2FN2O3S/c18-13-9-12(10-14(19)11-13)17(23)21-5-7-22(8-6-21)26(24,25)16-4-2-1-3-15(16)20/h1-4,9-11H,5-8H2. The van der Waals surface area contributed by atoms with Crippen LogP contribution >= 0.6 is 23.2 Å². The van der Waals surface area contributed by atoms with E-state index in [1.165, 1.54) is 45.6 Å². The normalized spacial score (nSPS) is 15.9. The minimum absolute atomic E-state index is 0.0801. The molecule has 1 fully saturated rings. The van der Waals surface area contributed by atoms with E-state index in [-0.39, 0.29) is 37.0 Å². The topological polar surface area (TPSA) is 57.7 Å². The number of carbonyl (C=O) groups excluding carboxylic acids is 1. The highest BCUT2D eigenvalue weighted by molar-refractivity contribution is 7.89. The Morgan fingerprint density at radius 2 is 1.54 bits per heavy atom. The highest BCUT2D eigenvalue weighted by atomic mass is 35.5. The Morgan fingerprint density at radius 1 is 0.962 bits per heavy atom. The molecule has 1 aliphatic rings. The Hall–Kier alpha value is -1.67. The van der Waals surface area contributed by atoms with E-state index in [0.29, 0.717) is 15.6 Å². The predicted octanol–water partition coefficient (Wildman–Crippen LogP) is 3.28. The van der Waals surface area contributed by atoms with Gasteiger partial charge in [0, 0.05) is 41.8 Å². The van der Waals surface area contributed by atoms with Crippen molar-refractivity contribution in [1.29, 1.82) is 0 Å². The van der Waals surface area contributed by atoms with Gasteiger partial charge in [-0.3, -0.25) is 4.79 Å². The van der Waals surface area contributed by atoms with Crippen LogP contribution in [0.2, 0.25) is 10.0 Å². The minimum atomic E-state index is -3.94. The molecule has 0 spiro atoms. The summed E-state index contributed by atoms with van der Waals surface area (Å²) in [5.41, 5.74) is 0.341. The zero-order valence-corrected chi connectivity index (χ0v) is 15.9. The highest BCUT2D eigenvalue weighted by Gasteiger charge is 2.32. The Kier molecular flexibility index (Phi) is 5.53. The number of halogens is 3. The zero-order valence-electron chi connectivity index (χ0n) is 13.5. The lowest BCUT2D eigenvalue weighted by Crippen LogP contribution is -2.50. The van der Waals surface area contributed by atoms with Gasteiger partial charge in [-0.2, -0.15) is 4.31 Å². The SMILES string of the molecule is O=C(c1cc(Cl)cc(Cl)c1)N1CCN(S(=O)(=O)c2ccccc2F)CC1. The first-order valence-corrected chi connectivity index (χ1v) is 9.99. The second kappa shape index (κ2) is 7.52. The maximum atomic E-state index is 13.8. The number of hydrogen-bond donors (Lipinski definition) is 0. The number of carbonyl (C=O) groups is 1. The monoisotopic (exact) mass is 416 g/mol. The van der Waals surface area contributed by atoms with Crippen molar-refractivity contribution in [2.24, 2.45) is 0 Å². The van der Waals surface area contributed by atoms with Gasteiger partial charge in [0.1, 0.15) is 10.7 Å². The van der Waals surface area contributed by atoms with Gasteiger partial charge in [-0.1, -0.05) is 35.3 Å². The summed E-state index contributed by atoms with van der Waals surface area (Å²) in [6.07, 6.45) is 0. The van der Waals surface area contributed by atoms with E-state index < -0.39 is 15.8 Å². The summed E-state index contributed by atoms with van der Waals surface area (Å²) in [5, 5.41) is 0.697. The Bertz CT molecular complexity index is 925. The van der Waals surface area contributed by atoms with Crippen molar-refractivity contribution in [2.75, 3.05) is 26.2 Å². The molecule has 1 heterocycles. The van der Waals surface area contributed by atoms with Crippen LogP contribution in [-0.4, -0.2) is 49.7 Å². The van der Waals surface area contributed by atoms with Crippen molar-refractivity contribution < 1.29 is 17.6 Å². The number of piperazine rings is 1. The lowest BCUT2D eigenvalue weighted by Gasteiger charge is -2.34. The molecular weight excluding hydrogens is 402 g/mol. The number of hydrogen-bond acceptors (Lipinski definition) is 3. The molecule has 9 heteroatoms. The maximum Gasteiger partial charge on any atom is 0.254 e. The van der Waals surface area contributed by atoms with Crippen molar-refractivity contribution in [1.82, 2.24) is 9.21 Å². The first-order valence-electron chi connectivity index (χ1n) is 7.79. The summed E-state index contributed by atoms with van der Waals surface area (Å²) >= 11 is 11.8. The van der Waals surface area contributed by atoms with Gasteiger partial charge in [0.25, 0.3) is 5.91 Å². The Morgan fingerprint density at radius 3 is 2.12 bits per heavy atom. The summed E-state index contributed by atoms with van der Waals surface area (Å²) < 4.78 is 40.2. The van der Waals surface area contributed by atoms with Crippen molar-refractivity contribution in [3.8, 4) is 0 Å². The lowest BCUT2D eigenvalue weighted by atomic mass is 10.2. The van der Waals surface area contributed by atoms with Crippen molar-refractivity contribution in [2.45, 2.75) is 4.90 Å². The van der Waals surface area contributed by atoms with E-state index in [9.17, 15) is 17.6 Å². The van der Waals surface area contributed by atoms with Gasteiger partial charge in [0.15, 0.2) is 0 Å². The molecule has 5 nitrogen and oxygen atoms in total. The van der Waals surface area contributed by atoms with Crippen molar-refractivity contribution in [3.63, 3.8) is 0 Å². The fraction of sp³-hybridized carbons (Fsp3) is 0.235. The lowest BCUT2D eigenvalue weighted by molar-refractivity contribution is 0.0697. The van der Waals surface area contributed by atoms with Gasteiger partial charge in [-0.05, 0) is 30.3 Å². The van der Waals surface area contributed by atoms with Crippen LogP contribution in [-0.2, 0) is 10.0 Å². The van der Waals surface area contributed by atoms with Gasteiger partial charge in [-0.25, -0.2) is 12.8 Å². The summed E-state index contributed by atoms with van der Waals surface area (Å²) in [6.45, 7) is 0.542. The smallest absolute Gasteiger partial charge is 0.254 e. The number of sulfonamides is 1. The fourth-order valence-corrected chi connectivity index (χ4v) is 4.80. The number of rotatable bonds is 3. The summed E-state index contributed by atoms with van der Waals surface area (Å²) in [7, 11) is -3.94. The quantitative estimate of drug-likeness (QED) is 0.771. The van der Waals surface area contributed by atoms with E-state index in [4.69, 9.17) is 23.2 Å². The van der Waals surface area contributed by atoms with Crippen LogP contribution in [0.4, 0.5) is 4.39 Å². The molecule has 0 aliphatic carbocycles. The average molecular weight is 417 g/mol. The fourth-order valence-electron chi connectivity index (χ4n) is 2.78. The Balaban J connectivity index is 1.73. The summed E-state index contributed by atoms with van der Waals surface area (Å²) in [5.74, 6) is -1.07. The van der Waals surface area contributed by atoms with Gasteiger partial charge < -0.3 is 4.90 Å². The average Bonchev–Trinajstić information content (AvgIpc) is 2.60. The molecular formula is C17H15Cl2FN2O3S. The van der Waals surface area contributed by atoms with E-state index in [1.807, 2.05) is 0 Å². The van der Waals surface area contributed by atoms with Crippen LogP contribution in [0.15, 0.2) is 47.4 Å². The first kappa shape index (κ1) is 19.1. The van der Waals surface area contributed by atoms with E-state index >= 15 is 0 Å². The van der Waals surface area contributed by atoms with Crippen LogP contribution in [0.1, 0.15) is 10.4 Å². The highest BCUT2D eigenvalue weighted by Crippen LogP contribution is 2.23. The van der Waals surface area contributed by atoms with Gasteiger partial charge in [-0.15, -0.1) is 0 Å². The number of benzene rings is 2. The molecule has 1 saturated heterocycles. The third-order valence-electron chi connectivity index (χ3n) is 4.09. The van der Waals surface area contributed by atoms with Crippen molar-refractivity contribution >= 4 is 39.1 Å². The van der Waals surface area contributed by atoms with Crippen LogP contribution in [0.25, 0.3) is 0 Å². The molecule has 138 valence electrons. The van der Waals surface area contributed by atoms with Gasteiger partial charge in [0.2, 0.25) is 10.0 Å². The first-order chi connectivity index (χ1) is 12.3. The molecule has 0 bridgehead atoms. The minimum Gasteiger partial charge on any atom is -0.336 e. The molecule has 3 rings (SSSR count). The van der Waals surface area contributed by atoms with Crippen LogP contribution in [0.5, 0.6) is 0 Å². The van der Waals surface area contributed by atoms with Crippen LogP contribution in [0.3, 0.4) is 0 Å². The molecule has 0 saturated carbocycles. The molecule has 2 aromatic carbocycles. The Labute approximate surface area is 161 Å². The van der Waals surface area contributed by atoms with Crippen LogP contribution < -0.4 is 0 Å². The molecule has 2 aromatic rings. The second-order valence-corrected chi connectivity index (χ2v) is 8.56. The van der Waals surface area contributed by atoms with E-state index in [2.05, 4.69) is 0 Å². The molecule has 1 aliphatic heterocycles.